The molecule has 7 heteroatoms. The van der Waals surface area contributed by atoms with Gasteiger partial charge < -0.3 is 15.0 Å². The van der Waals surface area contributed by atoms with Gasteiger partial charge in [0.15, 0.2) is 17.5 Å². The lowest BCUT2D eigenvalue weighted by Gasteiger charge is -2.23. The number of amides is 2. The summed E-state index contributed by atoms with van der Waals surface area (Å²) in [6.07, 6.45) is 0.904. The second-order valence-corrected chi connectivity index (χ2v) is 5.58. The van der Waals surface area contributed by atoms with Crippen LogP contribution in [0.15, 0.2) is 12.1 Å². The molecule has 0 radical (unpaired) electrons. The predicted molar refractivity (Wildman–Crippen MR) is 74.8 cm³/mol. The molecule has 1 fully saturated rings. The maximum atomic E-state index is 13.2. The number of rotatable bonds is 4. The van der Waals surface area contributed by atoms with Crippen LogP contribution in [0.2, 0.25) is 0 Å². The molecule has 1 aromatic carbocycles. The van der Waals surface area contributed by atoms with E-state index in [1.165, 1.54) is 4.90 Å². The summed E-state index contributed by atoms with van der Waals surface area (Å²) in [5.74, 6) is -3.76. The van der Waals surface area contributed by atoms with Crippen molar-refractivity contribution in [1.29, 1.82) is 0 Å². The zero-order valence-electron chi connectivity index (χ0n) is 12.5. The minimum atomic E-state index is -1.51. The Morgan fingerprint density at radius 1 is 1.41 bits per heavy atom. The van der Waals surface area contributed by atoms with E-state index in [2.05, 4.69) is 5.32 Å². The Morgan fingerprint density at radius 2 is 2.05 bits per heavy atom. The quantitative estimate of drug-likeness (QED) is 0.868. The largest absolute Gasteiger partial charge is 0.381 e. The van der Waals surface area contributed by atoms with E-state index in [4.69, 9.17) is 4.74 Å². The fraction of sp³-hybridized carbons (Fsp3) is 0.533. The van der Waals surface area contributed by atoms with E-state index in [-0.39, 0.29) is 11.6 Å². The summed E-state index contributed by atoms with van der Waals surface area (Å²) >= 11 is 0. The van der Waals surface area contributed by atoms with Crippen LogP contribution in [0, 0.1) is 23.4 Å². The molecule has 2 atom stereocenters. The number of urea groups is 1. The van der Waals surface area contributed by atoms with Crippen molar-refractivity contribution in [2.45, 2.75) is 19.4 Å². The van der Waals surface area contributed by atoms with Gasteiger partial charge in [-0.1, -0.05) is 0 Å². The Labute approximate surface area is 127 Å². The summed E-state index contributed by atoms with van der Waals surface area (Å²) in [5, 5.41) is 2.63. The van der Waals surface area contributed by atoms with Crippen molar-refractivity contribution in [3.63, 3.8) is 0 Å². The van der Waals surface area contributed by atoms with Crippen molar-refractivity contribution >= 4 is 6.03 Å². The standard InChI is InChI=1S/C15H19F3N2O2/c1-9(11-5-12(16)14(18)13(17)6-11)19-15(21)20(2)7-10-3-4-22-8-10/h5-6,9-10H,3-4,7-8H2,1-2H3,(H,19,21). The monoisotopic (exact) mass is 316 g/mol. The first kappa shape index (κ1) is 16.6. The molecule has 1 N–H and O–H groups in total. The summed E-state index contributed by atoms with van der Waals surface area (Å²) in [5.41, 5.74) is 0.169. The fourth-order valence-corrected chi connectivity index (χ4v) is 2.40. The summed E-state index contributed by atoms with van der Waals surface area (Å²) in [6, 6.07) is 0.770. The number of nitrogens with one attached hydrogen (secondary N) is 1. The minimum absolute atomic E-state index is 0.169. The third-order valence-corrected chi connectivity index (χ3v) is 3.75. The van der Waals surface area contributed by atoms with Gasteiger partial charge >= 0.3 is 6.03 Å². The molecular formula is C15H19F3N2O2. The third-order valence-electron chi connectivity index (χ3n) is 3.75. The van der Waals surface area contributed by atoms with Crippen molar-refractivity contribution in [3.05, 3.63) is 35.1 Å². The van der Waals surface area contributed by atoms with Crippen molar-refractivity contribution < 1.29 is 22.7 Å². The fourth-order valence-electron chi connectivity index (χ4n) is 2.40. The maximum Gasteiger partial charge on any atom is 0.317 e. The molecule has 4 nitrogen and oxygen atoms in total. The molecule has 0 bridgehead atoms. The maximum absolute atomic E-state index is 13.2. The zero-order chi connectivity index (χ0) is 16.3. The van der Waals surface area contributed by atoms with E-state index in [9.17, 15) is 18.0 Å². The smallest absolute Gasteiger partial charge is 0.317 e. The number of carbonyl (C=O) groups is 1. The second-order valence-electron chi connectivity index (χ2n) is 5.58. The van der Waals surface area contributed by atoms with Crippen molar-refractivity contribution in [1.82, 2.24) is 10.2 Å². The van der Waals surface area contributed by atoms with Crippen LogP contribution in [0.1, 0.15) is 24.9 Å². The summed E-state index contributed by atoms with van der Waals surface area (Å²) in [7, 11) is 1.65. The molecule has 22 heavy (non-hydrogen) atoms. The average molecular weight is 316 g/mol. The third kappa shape index (κ3) is 3.91. The number of nitrogens with zero attached hydrogens (tertiary/aromatic N) is 1. The lowest BCUT2D eigenvalue weighted by atomic mass is 10.1. The van der Waals surface area contributed by atoms with E-state index in [0.29, 0.717) is 25.7 Å². The number of carbonyl (C=O) groups excluding carboxylic acids is 1. The Bertz CT molecular complexity index is 525. The van der Waals surface area contributed by atoms with Gasteiger partial charge in [0.2, 0.25) is 0 Å². The van der Waals surface area contributed by atoms with Crippen LogP contribution in [0.4, 0.5) is 18.0 Å². The van der Waals surface area contributed by atoms with Crippen LogP contribution in [-0.2, 0) is 4.74 Å². The molecule has 1 saturated heterocycles. The Hall–Kier alpha value is -1.76. The summed E-state index contributed by atoms with van der Waals surface area (Å²) < 4.78 is 44.6. The SMILES string of the molecule is CC(NC(=O)N(C)CC1CCOC1)c1cc(F)c(F)c(F)c1. The van der Waals surface area contributed by atoms with Gasteiger partial charge in [-0.25, -0.2) is 18.0 Å². The first-order chi connectivity index (χ1) is 10.4. The molecule has 0 spiro atoms. The molecule has 2 rings (SSSR count). The molecule has 0 aliphatic carbocycles. The van der Waals surface area contributed by atoms with Crippen LogP contribution >= 0.6 is 0 Å². The number of hydrogen-bond acceptors (Lipinski definition) is 2. The van der Waals surface area contributed by atoms with Gasteiger partial charge in [0.05, 0.1) is 12.6 Å². The van der Waals surface area contributed by atoms with Crippen LogP contribution in [0.3, 0.4) is 0 Å². The number of ether oxygens (including phenoxy) is 1. The summed E-state index contributed by atoms with van der Waals surface area (Å²) in [6.45, 7) is 3.45. The van der Waals surface area contributed by atoms with Gasteiger partial charge in [0.1, 0.15) is 0 Å². The van der Waals surface area contributed by atoms with Gasteiger partial charge in [-0.3, -0.25) is 0 Å². The topological polar surface area (TPSA) is 41.6 Å². The zero-order valence-corrected chi connectivity index (χ0v) is 12.5. The summed E-state index contributed by atoms with van der Waals surface area (Å²) in [4.78, 5) is 13.6. The van der Waals surface area contributed by atoms with E-state index >= 15 is 0 Å². The van der Waals surface area contributed by atoms with Crippen molar-refractivity contribution in [3.8, 4) is 0 Å². The molecule has 1 aliphatic rings. The average Bonchev–Trinajstić information content (AvgIpc) is 2.96. The first-order valence-electron chi connectivity index (χ1n) is 7.12. The Kier molecular flexibility index (Phi) is 5.28. The van der Waals surface area contributed by atoms with Gasteiger partial charge in [0, 0.05) is 26.1 Å². The van der Waals surface area contributed by atoms with Gasteiger partial charge in [-0.2, -0.15) is 0 Å². The lowest BCUT2D eigenvalue weighted by Crippen LogP contribution is -2.41. The molecule has 2 amide bonds. The van der Waals surface area contributed by atoms with Crippen LogP contribution in [-0.4, -0.2) is 37.7 Å². The van der Waals surface area contributed by atoms with E-state index in [1.807, 2.05) is 0 Å². The highest BCUT2D eigenvalue weighted by Crippen LogP contribution is 2.19. The van der Waals surface area contributed by atoms with Gasteiger partial charge in [0.25, 0.3) is 0 Å². The normalized spacial score (nSPS) is 19.0. The molecule has 1 aromatic rings. The number of halogens is 3. The van der Waals surface area contributed by atoms with Crippen molar-refractivity contribution in [2.75, 3.05) is 26.8 Å². The Balaban J connectivity index is 1.95. The lowest BCUT2D eigenvalue weighted by molar-refractivity contribution is 0.170. The number of hydrogen-bond donors (Lipinski definition) is 1. The van der Waals surface area contributed by atoms with Crippen LogP contribution in [0.25, 0.3) is 0 Å². The molecular weight excluding hydrogens is 297 g/mol. The van der Waals surface area contributed by atoms with Crippen molar-refractivity contribution in [2.24, 2.45) is 5.92 Å². The molecule has 122 valence electrons. The highest BCUT2D eigenvalue weighted by Gasteiger charge is 2.22. The molecule has 1 aliphatic heterocycles. The minimum Gasteiger partial charge on any atom is -0.381 e. The molecule has 0 saturated carbocycles. The first-order valence-corrected chi connectivity index (χ1v) is 7.12. The van der Waals surface area contributed by atoms with E-state index in [0.717, 1.165) is 18.6 Å². The molecule has 2 unspecified atom stereocenters. The second kappa shape index (κ2) is 7.00. The predicted octanol–water partition coefficient (Wildman–Crippen LogP) is 2.84. The Morgan fingerprint density at radius 3 is 2.59 bits per heavy atom. The molecule has 0 aromatic heterocycles. The van der Waals surface area contributed by atoms with Gasteiger partial charge in [-0.05, 0) is 31.0 Å². The van der Waals surface area contributed by atoms with E-state index < -0.39 is 23.5 Å². The van der Waals surface area contributed by atoms with Crippen LogP contribution < -0.4 is 5.32 Å². The van der Waals surface area contributed by atoms with Crippen LogP contribution in [0.5, 0.6) is 0 Å². The highest BCUT2D eigenvalue weighted by molar-refractivity contribution is 5.74. The van der Waals surface area contributed by atoms with Gasteiger partial charge in [-0.15, -0.1) is 0 Å². The number of benzene rings is 1. The highest BCUT2D eigenvalue weighted by atomic mass is 19.2. The molecule has 1 heterocycles. The van der Waals surface area contributed by atoms with E-state index in [1.54, 1.807) is 14.0 Å².